The number of hydrogen-bond donors (Lipinski definition) is 0. The van der Waals surface area contributed by atoms with E-state index in [9.17, 15) is 0 Å². The zero-order valence-electron chi connectivity index (χ0n) is 10.1. The van der Waals surface area contributed by atoms with Gasteiger partial charge >= 0.3 is 0 Å². The van der Waals surface area contributed by atoms with Gasteiger partial charge in [0.25, 0.3) is 0 Å². The average Bonchev–Trinajstić information content (AvgIpc) is 2.40. The fraction of sp³-hybridized carbons (Fsp3) is 0.538. The molecular weight excluding hydrogens is 214 g/mol. The summed E-state index contributed by atoms with van der Waals surface area (Å²) >= 11 is 0. The molecule has 2 rings (SSSR count). The Morgan fingerprint density at radius 3 is 3.12 bits per heavy atom. The summed E-state index contributed by atoms with van der Waals surface area (Å²) in [5.74, 6) is 0.938. The first kappa shape index (κ1) is 11.9. The Kier molecular flexibility index (Phi) is 3.94. The standard InChI is InChI=1S/C13H17N3O/c1-2-17-12-4-3-7-16(10-12)13-6-5-11(8-14)9-15-13/h5-6,9,12H,2-4,7,10H2,1H3. The monoisotopic (exact) mass is 231 g/mol. The van der Waals surface area contributed by atoms with Crippen molar-refractivity contribution in [3.05, 3.63) is 23.9 Å². The normalized spacial score (nSPS) is 20.0. The van der Waals surface area contributed by atoms with Crippen LogP contribution in [0.3, 0.4) is 0 Å². The van der Waals surface area contributed by atoms with Crippen molar-refractivity contribution in [3.8, 4) is 6.07 Å². The van der Waals surface area contributed by atoms with Gasteiger partial charge in [-0.3, -0.25) is 0 Å². The minimum absolute atomic E-state index is 0.311. The van der Waals surface area contributed by atoms with Gasteiger partial charge in [-0.05, 0) is 31.9 Å². The first-order valence-corrected chi connectivity index (χ1v) is 6.06. The molecule has 1 atom stereocenters. The quantitative estimate of drug-likeness (QED) is 0.798. The van der Waals surface area contributed by atoms with Crippen LogP contribution in [-0.4, -0.2) is 30.8 Å². The molecule has 0 spiro atoms. The largest absolute Gasteiger partial charge is 0.377 e. The van der Waals surface area contributed by atoms with Gasteiger partial charge < -0.3 is 9.64 Å². The summed E-state index contributed by atoms with van der Waals surface area (Å²) in [5, 5.41) is 8.73. The lowest BCUT2D eigenvalue weighted by Gasteiger charge is -2.33. The van der Waals surface area contributed by atoms with Crippen LogP contribution in [0.1, 0.15) is 25.3 Å². The van der Waals surface area contributed by atoms with Gasteiger partial charge in [0.15, 0.2) is 0 Å². The highest BCUT2D eigenvalue weighted by molar-refractivity contribution is 5.42. The second-order valence-corrected chi connectivity index (χ2v) is 4.18. The van der Waals surface area contributed by atoms with Gasteiger partial charge in [-0.2, -0.15) is 5.26 Å². The van der Waals surface area contributed by atoms with Crippen LogP contribution in [0.4, 0.5) is 5.82 Å². The Morgan fingerprint density at radius 1 is 1.59 bits per heavy atom. The Hall–Kier alpha value is -1.60. The molecule has 1 aromatic rings. The summed E-state index contributed by atoms with van der Waals surface area (Å²) in [6.45, 7) is 4.70. The van der Waals surface area contributed by atoms with E-state index in [1.165, 1.54) is 0 Å². The van der Waals surface area contributed by atoms with Crippen LogP contribution in [0.15, 0.2) is 18.3 Å². The van der Waals surface area contributed by atoms with Crippen LogP contribution in [0, 0.1) is 11.3 Å². The molecule has 2 heterocycles. The highest BCUT2D eigenvalue weighted by Crippen LogP contribution is 2.19. The molecule has 0 saturated carbocycles. The van der Waals surface area contributed by atoms with Gasteiger partial charge in [0.05, 0.1) is 11.7 Å². The number of piperidine rings is 1. The van der Waals surface area contributed by atoms with Crippen molar-refractivity contribution < 1.29 is 4.74 Å². The first-order valence-electron chi connectivity index (χ1n) is 6.06. The minimum Gasteiger partial charge on any atom is -0.377 e. The van der Waals surface area contributed by atoms with Gasteiger partial charge in [0.1, 0.15) is 11.9 Å². The maximum absolute atomic E-state index is 8.73. The van der Waals surface area contributed by atoms with Crippen molar-refractivity contribution in [3.63, 3.8) is 0 Å². The molecule has 17 heavy (non-hydrogen) atoms. The van der Waals surface area contributed by atoms with E-state index in [1.54, 1.807) is 6.20 Å². The third kappa shape index (κ3) is 2.95. The topological polar surface area (TPSA) is 49.1 Å². The number of ether oxygens (including phenoxy) is 1. The predicted octanol–water partition coefficient (Wildman–Crippen LogP) is 1.96. The molecule has 4 heteroatoms. The van der Waals surface area contributed by atoms with Crippen LogP contribution in [0.25, 0.3) is 0 Å². The van der Waals surface area contributed by atoms with Gasteiger partial charge in [-0.15, -0.1) is 0 Å². The van der Waals surface area contributed by atoms with Crippen LogP contribution >= 0.6 is 0 Å². The fourth-order valence-electron chi connectivity index (χ4n) is 2.16. The molecule has 1 unspecified atom stereocenters. The number of pyridine rings is 1. The number of hydrogen-bond acceptors (Lipinski definition) is 4. The summed E-state index contributed by atoms with van der Waals surface area (Å²) in [6.07, 6.45) is 4.19. The van der Waals surface area contributed by atoms with Crippen LogP contribution in [0.5, 0.6) is 0 Å². The van der Waals surface area contributed by atoms with E-state index in [4.69, 9.17) is 10.00 Å². The fourth-order valence-corrected chi connectivity index (χ4v) is 2.16. The number of rotatable bonds is 3. The smallest absolute Gasteiger partial charge is 0.128 e. The van der Waals surface area contributed by atoms with E-state index in [0.29, 0.717) is 11.7 Å². The molecule has 1 fully saturated rings. The van der Waals surface area contributed by atoms with Gasteiger partial charge in [-0.1, -0.05) is 0 Å². The predicted molar refractivity (Wildman–Crippen MR) is 65.8 cm³/mol. The van der Waals surface area contributed by atoms with Crippen LogP contribution in [-0.2, 0) is 4.74 Å². The lowest BCUT2D eigenvalue weighted by molar-refractivity contribution is 0.0525. The summed E-state index contributed by atoms with van der Waals surface area (Å²) in [4.78, 5) is 6.54. The maximum Gasteiger partial charge on any atom is 0.128 e. The molecule has 0 aliphatic carbocycles. The molecule has 1 aromatic heterocycles. The van der Waals surface area contributed by atoms with Gasteiger partial charge in [-0.25, -0.2) is 4.98 Å². The van der Waals surface area contributed by atoms with Crippen molar-refractivity contribution in [1.82, 2.24) is 4.98 Å². The van der Waals surface area contributed by atoms with Crippen molar-refractivity contribution in [2.45, 2.75) is 25.9 Å². The SMILES string of the molecule is CCOC1CCCN(c2ccc(C#N)cn2)C1. The maximum atomic E-state index is 8.73. The highest BCUT2D eigenvalue weighted by Gasteiger charge is 2.20. The van der Waals surface area contributed by atoms with Crippen molar-refractivity contribution >= 4 is 5.82 Å². The lowest BCUT2D eigenvalue weighted by atomic mass is 10.1. The van der Waals surface area contributed by atoms with Gasteiger partial charge in [0, 0.05) is 25.9 Å². The Balaban J connectivity index is 2.03. The number of anilines is 1. The summed E-state index contributed by atoms with van der Waals surface area (Å²) in [5.41, 5.74) is 0.604. The number of aromatic nitrogens is 1. The summed E-state index contributed by atoms with van der Waals surface area (Å²) in [7, 11) is 0. The average molecular weight is 231 g/mol. The minimum atomic E-state index is 0.311. The highest BCUT2D eigenvalue weighted by atomic mass is 16.5. The molecule has 1 aliphatic rings. The molecular formula is C13H17N3O. The summed E-state index contributed by atoms with van der Waals surface area (Å²) in [6, 6.07) is 5.80. The van der Waals surface area contributed by atoms with Crippen molar-refractivity contribution in [2.75, 3.05) is 24.6 Å². The van der Waals surface area contributed by atoms with Crippen LogP contribution in [0.2, 0.25) is 0 Å². The molecule has 1 saturated heterocycles. The molecule has 0 radical (unpaired) electrons. The van der Waals surface area contributed by atoms with Crippen molar-refractivity contribution in [1.29, 1.82) is 5.26 Å². The van der Waals surface area contributed by atoms with Crippen molar-refractivity contribution in [2.24, 2.45) is 0 Å². The van der Waals surface area contributed by atoms with Gasteiger partial charge in [0.2, 0.25) is 0 Å². The third-order valence-corrected chi connectivity index (χ3v) is 2.98. The second kappa shape index (κ2) is 5.65. The summed E-state index contributed by atoms with van der Waals surface area (Å²) < 4.78 is 5.66. The lowest BCUT2D eigenvalue weighted by Crippen LogP contribution is -2.40. The van der Waals surface area contributed by atoms with E-state index < -0.39 is 0 Å². The zero-order valence-corrected chi connectivity index (χ0v) is 10.1. The molecule has 1 aliphatic heterocycles. The molecule has 4 nitrogen and oxygen atoms in total. The second-order valence-electron chi connectivity index (χ2n) is 4.18. The molecule has 90 valence electrons. The van der Waals surface area contributed by atoms with E-state index >= 15 is 0 Å². The number of nitriles is 1. The zero-order chi connectivity index (χ0) is 12.1. The number of nitrogens with zero attached hydrogens (tertiary/aromatic N) is 3. The van der Waals surface area contributed by atoms with E-state index in [1.807, 2.05) is 19.1 Å². The molecule has 0 aromatic carbocycles. The first-order chi connectivity index (χ1) is 8.33. The third-order valence-electron chi connectivity index (χ3n) is 2.98. The van der Waals surface area contributed by atoms with Crippen LogP contribution < -0.4 is 4.90 Å². The Labute approximate surface area is 102 Å². The Bertz CT molecular complexity index is 394. The van der Waals surface area contributed by atoms with E-state index in [2.05, 4.69) is 16.0 Å². The van der Waals surface area contributed by atoms with E-state index in [0.717, 1.165) is 38.4 Å². The Morgan fingerprint density at radius 2 is 2.47 bits per heavy atom. The molecule has 0 N–H and O–H groups in total. The molecule has 0 bridgehead atoms. The molecule has 0 amide bonds. The van der Waals surface area contributed by atoms with E-state index in [-0.39, 0.29) is 0 Å².